The van der Waals surface area contributed by atoms with Crippen LogP contribution in [-0.4, -0.2) is 59.6 Å². The maximum atomic E-state index is 0. The van der Waals surface area contributed by atoms with Crippen molar-refractivity contribution in [2.24, 2.45) is 0 Å². The Balaban J connectivity index is 0. The molecule has 0 radical (unpaired) electrons. The van der Waals surface area contributed by atoms with E-state index in [0.29, 0.717) is 0 Å². The van der Waals surface area contributed by atoms with Crippen LogP contribution in [0.25, 0.3) is 0 Å². The molecule has 0 rings (SSSR count). The van der Waals surface area contributed by atoms with E-state index in [1.54, 1.807) is 0 Å². The summed E-state index contributed by atoms with van der Waals surface area (Å²) < 4.78 is 0. The molecule has 0 aliphatic heterocycles. The SMILES string of the molecule is O.O.[Ca+2].[Cr].[OH-].[OH-]. The summed E-state index contributed by atoms with van der Waals surface area (Å²) in [6, 6.07) is 0. The summed E-state index contributed by atoms with van der Waals surface area (Å²) in [5.41, 5.74) is 0. The Morgan fingerprint density at radius 2 is 0.667 bits per heavy atom. The largest absolute Gasteiger partial charge is 2.00 e. The maximum absolute atomic E-state index is 0. The van der Waals surface area contributed by atoms with Gasteiger partial charge < -0.3 is 21.9 Å². The Morgan fingerprint density at radius 3 is 0.667 bits per heavy atom. The van der Waals surface area contributed by atoms with Crippen molar-refractivity contribution in [1.82, 2.24) is 0 Å². The van der Waals surface area contributed by atoms with Crippen molar-refractivity contribution in [2.75, 3.05) is 0 Å². The molecular weight excluding hydrogens is 156 g/mol. The van der Waals surface area contributed by atoms with Crippen LogP contribution in [0.3, 0.4) is 0 Å². The fourth-order valence-electron chi connectivity index (χ4n) is 0. The van der Waals surface area contributed by atoms with E-state index in [2.05, 4.69) is 0 Å². The minimum atomic E-state index is 0. The minimum absolute atomic E-state index is 0. The van der Waals surface area contributed by atoms with Crippen LogP contribution < -0.4 is 0 Å². The van der Waals surface area contributed by atoms with E-state index in [0.717, 1.165) is 0 Å². The van der Waals surface area contributed by atoms with Crippen molar-refractivity contribution >= 4 is 37.7 Å². The normalized spacial score (nSPS) is 0. The molecule has 6 heavy (non-hydrogen) atoms. The van der Waals surface area contributed by atoms with Crippen LogP contribution in [0.1, 0.15) is 0 Å². The van der Waals surface area contributed by atoms with Crippen LogP contribution in [0.2, 0.25) is 0 Å². The Kier molecular flexibility index (Phi) is 1660. The van der Waals surface area contributed by atoms with E-state index in [9.17, 15) is 0 Å². The van der Waals surface area contributed by atoms with Gasteiger partial charge in [-0.2, -0.15) is 0 Å². The Hall–Kier alpha value is 1.63. The van der Waals surface area contributed by atoms with Gasteiger partial charge in [0.2, 0.25) is 0 Å². The van der Waals surface area contributed by atoms with Gasteiger partial charge >= 0.3 is 37.7 Å². The summed E-state index contributed by atoms with van der Waals surface area (Å²) in [5.74, 6) is 0. The second-order valence-corrected chi connectivity index (χ2v) is 0. The van der Waals surface area contributed by atoms with Gasteiger partial charge in [-0.25, -0.2) is 0 Å². The van der Waals surface area contributed by atoms with Crippen LogP contribution in [0.15, 0.2) is 0 Å². The molecule has 0 heterocycles. The minimum Gasteiger partial charge on any atom is -0.870 e. The average molecular weight is 162 g/mol. The van der Waals surface area contributed by atoms with E-state index in [1.165, 1.54) is 0 Å². The molecule has 4 nitrogen and oxygen atoms in total. The second kappa shape index (κ2) is 79.0. The maximum Gasteiger partial charge on any atom is 2.00 e. The van der Waals surface area contributed by atoms with Crippen molar-refractivity contribution in [3.05, 3.63) is 0 Å². The van der Waals surface area contributed by atoms with Crippen LogP contribution in [0.5, 0.6) is 0 Å². The third kappa shape index (κ3) is 45.4. The molecular formula is H6CaCrO4. The molecule has 0 atom stereocenters. The molecule has 0 spiro atoms. The van der Waals surface area contributed by atoms with Crippen molar-refractivity contribution < 1.29 is 39.3 Å². The van der Waals surface area contributed by atoms with Gasteiger partial charge in [0.25, 0.3) is 0 Å². The number of rotatable bonds is 0. The summed E-state index contributed by atoms with van der Waals surface area (Å²) in [7, 11) is 0. The van der Waals surface area contributed by atoms with Crippen LogP contribution in [0.4, 0.5) is 0 Å². The molecule has 38 valence electrons. The molecule has 0 bridgehead atoms. The van der Waals surface area contributed by atoms with Gasteiger partial charge in [0, 0.05) is 17.4 Å². The van der Waals surface area contributed by atoms with Gasteiger partial charge in [0.05, 0.1) is 0 Å². The molecule has 0 unspecified atom stereocenters. The van der Waals surface area contributed by atoms with Crippen molar-refractivity contribution in [3.8, 4) is 0 Å². The van der Waals surface area contributed by atoms with Crippen LogP contribution in [0, 0.1) is 0 Å². The number of hydrogen-bond donors (Lipinski definition) is 0. The zero-order valence-electron chi connectivity index (χ0n) is 3.01. The van der Waals surface area contributed by atoms with Crippen molar-refractivity contribution in [1.29, 1.82) is 0 Å². The first-order valence-electron chi connectivity index (χ1n) is 0. The van der Waals surface area contributed by atoms with E-state index >= 15 is 0 Å². The third-order valence-electron chi connectivity index (χ3n) is 0. The summed E-state index contributed by atoms with van der Waals surface area (Å²) in [6.07, 6.45) is 0. The molecule has 0 aromatic rings. The van der Waals surface area contributed by atoms with Crippen molar-refractivity contribution in [2.45, 2.75) is 0 Å². The first-order valence-corrected chi connectivity index (χ1v) is 0. The van der Waals surface area contributed by atoms with E-state index in [1.807, 2.05) is 0 Å². The molecule has 0 aliphatic rings. The zero-order valence-corrected chi connectivity index (χ0v) is 6.49. The molecule has 0 aromatic heterocycles. The van der Waals surface area contributed by atoms with Gasteiger partial charge in [0.1, 0.15) is 0 Å². The van der Waals surface area contributed by atoms with E-state index < -0.39 is 0 Å². The van der Waals surface area contributed by atoms with Crippen molar-refractivity contribution in [3.63, 3.8) is 0 Å². The molecule has 0 aromatic carbocycles. The summed E-state index contributed by atoms with van der Waals surface area (Å²) >= 11 is 0. The predicted octanol–water partition coefficient (Wildman–Crippen LogP) is -2.39. The van der Waals surface area contributed by atoms with E-state index in [-0.39, 0.29) is 77.0 Å². The smallest absolute Gasteiger partial charge is 0.870 e. The zero-order chi connectivity index (χ0) is 0. The number of hydrogen-bond acceptors (Lipinski definition) is 2. The fraction of sp³-hybridized carbons (Fsp3) is 0. The summed E-state index contributed by atoms with van der Waals surface area (Å²) in [5, 5.41) is 0. The Morgan fingerprint density at radius 1 is 0.667 bits per heavy atom. The standard InChI is InChI=1S/Ca.Cr.4H2O/h;;4*1H2/q+2;;;;;/p-2. The van der Waals surface area contributed by atoms with Gasteiger partial charge in [-0.05, 0) is 0 Å². The van der Waals surface area contributed by atoms with Crippen LogP contribution >= 0.6 is 0 Å². The Labute approximate surface area is 76.3 Å². The monoisotopic (exact) mass is 162 g/mol. The summed E-state index contributed by atoms with van der Waals surface area (Å²) in [4.78, 5) is 0. The first kappa shape index (κ1) is 126. The van der Waals surface area contributed by atoms with Gasteiger partial charge in [-0.1, -0.05) is 0 Å². The molecule has 0 saturated carbocycles. The fourth-order valence-corrected chi connectivity index (χ4v) is 0. The van der Waals surface area contributed by atoms with Gasteiger partial charge in [0.15, 0.2) is 0 Å². The van der Waals surface area contributed by atoms with E-state index in [4.69, 9.17) is 0 Å². The van der Waals surface area contributed by atoms with Gasteiger partial charge in [-0.15, -0.1) is 0 Å². The topological polar surface area (TPSA) is 123 Å². The first-order chi connectivity index (χ1) is 0. The average Bonchev–Trinajstić information content (AvgIpc) is 0. The molecule has 0 aliphatic carbocycles. The predicted molar refractivity (Wildman–Crippen MR) is 16.9 cm³/mol. The Bertz CT molecular complexity index is 7.51. The molecule has 6 heteroatoms. The molecule has 0 fully saturated rings. The van der Waals surface area contributed by atoms with Crippen LogP contribution in [-0.2, 0) is 17.4 Å². The molecule has 0 saturated heterocycles. The quantitative estimate of drug-likeness (QED) is 0.369. The van der Waals surface area contributed by atoms with Gasteiger partial charge in [-0.3, -0.25) is 0 Å². The second-order valence-electron chi connectivity index (χ2n) is 0. The molecule has 0 amide bonds. The third-order valence-corrected chi connectivity index (χ3v) is 0. The summed E-state index contributed by atoms with van der Waals surface area (Å²) in [6.45, 7) is 0. The molecule has 6 N–H and O–H groups in total.